The third kappa shape index (κ3) is 5.66. The molecule has 0 saturated carbocycles. The topological polar surface area (TPSA) is 101 Å². The van der Waals surface area contributed by atoms with E-state index in [4.69, 9.17) is 4.42 Å². The Bertz CT molecular complexity index is 1560. The Morgan fingerprint density at radius 1 is 0.944 bits per heavy atom. The number of fused-ring (bicyclic) bond motifs is 1. The van der Waals surface area contributed by atoms with E-state index in [1.165, 1.54) is 12.1 Å². The molecule has 2 N–H and O–H groups in total. The molecule has 7 nitrogen and oxygen atoms in total. The van der Waals surface area contributed by atoms with Crippen molar-refractivity contribution in [2.45, 2.75) is 44.4 Å². The Balaban J connectivity index is 1.69. The van der Waals surface area contributed by atoms with Crippen molar-refractivity contribution in [3.05, 3.63) is 101 Å². The van der Waals surface area contributed by atoms with Crippen molar-refractivity contribution in [1.82, 2.24) is 4.83 Å². The summed E-state index contributed by atoms with van der Waals surface area (Å²) in [6.07, 6.45) is 0.889. The molecule has 4 aromatic rings. The minimum absolute atomic E-state index is 0.0575. The number of rotatable bonds is 6. The monoisotopic (exact) mass is 503 g/mol. The number of sulfonamides is 1. The van der Waals surface area contributed by atoms with Gasteiger partial charge in [0.2, 0.25) is 5.55 Å². The van der Waals surface area contributed by atoms with Gasteiger partial charge in [-0.25, -0.2) is 0 Å². The molecular formula is C28H29N3O4S. The van der Waals surface area contributed by atoms with Gasteiger partial charge in [0, 0.05) is 11.1 Å². The number of nitrogens with one attached hydrogen (secondary N) is 2. The van der Waals surface area contributed by atoms with Crippen molar-refractivity contribution in [2.24, 2.45) is 5.10 Å². The summed E-state index contributed by atoms with van der Waals surface area (Å²) in [5, 5.41) is 7.51. The zero-order valence-electron chi connectivity index (χ0n) is 20.7. The standard InChI is InChI=1S/C28H29N3O4S/c1-5-19-10-14-22(15-11-19)29-26(32)24-18-20-8-6-7-9-25(20)35-27(24)30-31-36(33,34)23-16-12-21(13-17-23)28(2,3)4/h6-18,31H,5H2,1-4H3,(H,29,32). The van der Waals surface area contributed by atoms with E-state index in [-0.39, 0.29) is 21.4 Å². The van der Waals surface area contributed by atoms with Gasteiger partial charge in [0.1, 0.15) is 11.1 Å². The zero-order valence-corrected chi connectivity index (χ0v) is 21.5. The maximum Gasteiger partial charge on any atom is 0.276 e. The number of nitrogens with zero attached hydrogens (tertiary/aromatic N) is 1. The van der Waals surface area contributed by atoms with E-state index in [2.05, 4.69) is 42.9 Å². The number of benzene rings is 3. The minimum atomic E-state index is -3.99. The first-order valence-electron chi connectivity index (χ1n) is 11.7. The van der Waals surface area contributed by atoms with Crippen LogP contribution in [0.25, 0.3) is 11.0 Å². The van der Waals surface area contributed by atoms with Gasteiger partial charge >= 0.3 is 0 Å². The van der Waals surface area contributed by atoms with Crippen LogP contribution in [0.4, 0.5) is 5.69 Å². The third-order valence-corrected chi connectivity index (χ3v) is 7.04. The molecule has 0 aliphatic carbocycles. The van der Waals surface area contributed by atoms with Gasteiger partial charge in [-0.2, -0.15) is 13.2 Å². The Morgan fingerprint density at radius 3 is 2.25 bits per heavy atom. The number of aryl methyl sites for hydroxylation is 1. The van der Waals surface area contributed by atoms with Gasteiger partial charge < -0.3 is 9.73 Å². The molecule has 0 saturated heterocycles. The van der Waals surface area contributed by atoms with E-state index >= 15 is 0 Å². The molecule has 3 aromatic carbocycles. The predicted octanol–water partition coefficient (Wildman–Crippen LogP) is 5.34. The summed E-state index contributed by atoms with van der Waals surface area (Å²) in [5.41, 5.74) is 3.07. The van der Waals surface area contributed by atoms with E-state index in [1.54, 1.807) is 36.4 Å². The number of anilines is 1. The number of amides is 1. The number of hydrogen-bond acceptors (Lipinski definition) is 5. The Labute approximate surface area is 210 Å². The van der Waals surface area contributed by atoms with Crippen LogP contribution in [-0.2, 0) is 21.9 Å². The molecule has 186 valence electrons. The van der Waals surface area contributed by atoms with Gasteiger partial charge in [0.25, 0.3) is 15.9 Å². The first kappa shape index (κ1) is 25.2. The highest BCUT2D eigenvalue weighted by atomic mass is 32.2. The number of carbonyl (C=O) groups excluding carboxylic acids is 1. The van der Waals surface area contributed by atoms with E-state index in [0.717, 1.165) is 17.5 Å². The summed E-state index contributed by atoms with van der Waals surface area (Å²) in [6.45, 7) is 8.21. The highest BCUT2D eigenvalue weighted by molar-refractivity contribution is 7.89. The van der Waals surface area contributed by atoms with Crippen LogP contribution in [0.5, 0.6) is 0 Å². The van der Waals surface area contributed by atoms with Crippen LogP contribution in [0.2, 0.25) is 0 Å². The lowest BCUT2D eigenvalue weighted by Crippen LogP contribution is -2.27. The first-order chi connectivity index (χ1) is 17.1. The van der Waals surface area contributed by atoms with Crippen molar-refractivity contribution in [2.75, 3.05) is 5.32 Å². The summed E-state index contributed by atoms with van der Waals surface area (Å²) in [5.74, 6) is -0.471. The molecule has 36 heavy (non-hydrogen) atoms. The van der Waals surface area contributed by atoms with E-state index < -0.39 is 15.9 Å². The maximum atomic E-state index is 13.2. The lowest BCUT2D eigenvalue weighted by atomic mass is 9.87. The molecule has 0 atom stereocenters. The second-order valence-electron chi connectivity index (χ2n) is 9.49. The lowest BCUT2D eigenvalue weighted by molar-refractivity contribution is 0.102. The molecule has 0 aliphatic heterocycles. The Kier molecular flexibility index (Phi) is 6.99. The van der Waals surface area contributed by atoms with Crippen molar-refractivity contribution in [1.29, 1.82) is 0 Å². The van der Waals surface area contributed by atoms with Crippen LogP contribution in [0.15, 0.2) is 93.3 Å². The normalized spacial score (nSPS) is 12.5. The summed E-state index contributed by atoms with van der Waals surface area (Å²) >= 11 is 0. The summed E-state index contributed by atoms with van der Waals surface area (Å²) in [4.78, 5) is 15.4. The number of para-hydroxylation sites is 1. The summed E-state index contributed by atoms with van der Waals surface area (Å²) in [7, 11) is -3.99. The molecule has 0 aliphatic rings. The maximum absolute atomic E-state index is 13.2. The van der Waals surface area contributed by atoms with Crippen LogP contribution in [-0.4, -0.2) is 14.3 Å². The molecule has 1 heterocycles. The zero-order chi connectivity index (χ0) is 25.9. The molecule has 8 heteroatoms. The average Bonchev–Trinajstić information content (AvgIpc) is 2.87. The fourth-order valence-electron chi connectivity index (χ4n) is 3.63. The van der Waals surface area contributed by atoms with Gasteiger partial charge in [-0.15, -0.1) is 5.10 Å². The molecular weight excluding hydrogens is 474 g/mol. The Hall–Kier alpha value is -3.91. The van der Waals surface area contributed by atoms with Crippen LogP contribution in [0, 0.1) is 0 Å². The van der Waals surface area contributed by atoms with Crippen LogP contribution >= 0.6 is 0 Å². The predicted molar refractivity (Wildman–Crippen MR) is 141 cm³/mol. The van der Waals surface area contributed by atoms with E-state index in [1.807, 2.05) is 30.3 Å². The van der Waals surface area contributed by atoms with E-state index in [0.29, 0.717) is 16.7 Å². The third-order valence-electron chi connectivity index (χ3n) is 5.82. The largest absolute Gasteiger partial charge is 0.436 e. The quantitative estimate of drug-likeness (QED) is 0.347. The van der Waals surface area contributed by atoms with Crippen molar-refractivity contribution < 1.29 is 17.6 Å². The number of carbonyl (C=O) groups is 1. The van der Waals surface area contributed by atoms with Gasteiger partial charge in [0.15, 0.2) is 0 Å². The summed E-state index contributed by atoms with van der Waals surface area (Å²) < 4.78 is 31.7. The minimum Gasteiger partial charge on any atom is -0.436 e. The summed E-state index contributed by atoms with van der Waals surface area (Å²) in [6, 6.07) is 22.9. The fraction of sp³-hybridized carbons (Fsp3) is 0.214. The molecule has 0 bridgehead atoms. The highest BCUT2D eigenvalue weighted by Gasteiger charge is 2.18. The fourth-order valence-corrected chi connectivity index (χ4v) is 4.43. The van der Waals surface area contributed by atoms with Gasteiger partial charge in [-0.3, -0.25) is 4.79 Å². The number of hydrogen-bond donors (Lipinski definition) is 2. The second kappa shape index (κ2) is 9.99. The highest BCUT2D eigenvalue weighted by Crippen LogP contribution is 2.23. The SMILES string of the molecule is CCc1ccc(NC(=O)c2cc3ccccc3oc2=NNS(=O)(=O)c2ccc(C(C)(C)C)cc2)cc1. The molecule has 4 rings (SSSR count). The molecule has 0 fully saturated rings. The molecule has 0 unspecified atom stereocenters. The van der Waals surface area contributed by atoms with Crippen LogP contribution in [0.1, 0.15) is 49.2 Å². The first-order valence-corrected chi connectivity index (χ1v) is 13.1. The molecule has 0 spiro atoms. The van der Waals surface area contributed by atoms with Crippen molar-refractivity contribution in [3.8, 4) is 0 Å². The van der Waals surface area contributed by atoms with Crippen LogP contribution in [0.3, 0.4) is 0 Å². The van der Waals surface area contributed by atoms with Crippen LogP contribution < -0.4 is 15.7 Å². The smallest absolute Gasteiger partial charge is 0.276 e. The van der Waals surface area contributed by atoms with Gasteiger partial charge in [0.05, 0.1) is 4.90 Å². The van der Waals surface area contributed by atoms with Crippen molar-refractivity contribution in [3.63, 3.8) is 0 Å². The van der Waals surface area contributed by atoms with Crippen molar-refractivity contribution >= 4 is 32.6 Å². The molecule has 0 radical (unpaired) electrons. The van der Waals surface area contributed by atoms with Gasteiger partial charge in [-0.1, -0.05) is 70.2 Å². The molecule has 1 aromatic heterocycles. The lowest BCUT2D eigenvalue weighted by Gasteiger charge is -2.19. The second-order valence-corrected chi connectivity index (χ2v) is 11.1. The average molecular weight is 504 g/mol. The van der Waals surface area contributed by atoms with Gasteiger partial charge in [-0.05, 0) is 59.4 Å². The Morgan fingerprint density at radius 2 is 1.61 bits per heavy atom. The van der Waals surface area contributed by atoms with E-state index in [9.17, 15) is 13.2 Å². The molecule has 1 amide bonds.